The third kappa shape index (κ3) is 3.75. The lowest BCUT2D eigenvalue weighted by Crippen LogP contribution is -2.26. The first-order chi connectivity index (χ1) is 10.5. The summed E-state index contributed by atoms with van der Waals surface area (Å²) in [6, 6.07) is 3.31. The smallest absolute Gasteiger partial charge is 0.347 e. The molecule has 0 aliphatic heterocycles. The van der Waals surface area contributed by atoms with E-state index >= 15 is 0 Å². The Morgan fingerprint density at radius 3 is 2.50 bits per heavy atom. The third-order valence-corrected chi connectivity index (χ3v) is 3.79. The first-order valence-corrected chi connectivity index (χ1v) is 7.66. The Bertz CT molecular complexity index is 570. The lowest BCUT2D eigenvalue weighted by atomic mass is 10.0. The number of esters is 1. The maximum atomic E-state index is 11.7. The number of aryl methyl sites for hydroxylation is 2. The van der Waals surface area contributed by atoms with Gasteiger partial charge in [-0.1, -0.05) is 6.42 Å². The molecule has 0 bridgehead atoms. The molecular weight excluding hydrogens is 286 g/mol. The highest BCUT2D eigenvalue weighted by Gasteiger charge is 2.24. The van der Waals surface area contributed by atoms with Crippen molar-refractivity contribution in [3.8, 4) is 5.75 Å². The summed E-state index contributed by atoms with van der Waals surface area (Å²) in [6.07, 6.45) is 4.10. The van der Waals surface area contributed by atoms with Crippen LogP contribution in [0, 0.1) is 10.1 Å². The highest BCUT2D eigenvalue weighted by molar-refractivity contribution is 5.74. The Morgan fingerprint density at radius 1 is 1.27 bits per heavy atom. The molecule has 0 spiro atoms. The molecule has 6 nitrogen and oxygen atoms in total. The topological polar surface area (TPSA) is 78.7 Å². The van der Waals surface area contributed by atoms with E-state index in [-0.39, 0.29) is 18.0 Å². The van der Waals surface area contributed by atoms with Crippen molar-refractivity contribution in [2.45, 2.75) is 52.1 Å². The van der Waals surface area contributed by atoms with Gasteiger partial charge in [0.2, 0.25) is 0 Å². The van der Waals surface area contributed by atoms with Crippen molar-refractivity contribution < 1.29 is 19.2 Å². The van der Waals surface area contributed by atoms with E-state index in [1.165, 1.54) is 6.92 Å². The number of benzene rings is 1. The van der Waals surface area contributed by atoms with Gasteiger partial charge in [-0.15, -0.1) is 0 Å². The minimum Gasteiger partial charge on any atom is -0.472 e. The van der Waals surface area contributed by atoms with E-state index in [1.807, 2.05) is 0 Å². The van der Waals surface area contributed by atoms with Crippen LogP contribution >= 0.6 is 0 Å². The van der Waals surface area contributed by atoms with Crippen molar-refractivity contribution in [2.24, 2.45) is 0 Å². The van der Waals surface area contributed by atoms with Gasteiger partial charge < -0.3 is 9.47 Å². The fourth-order valence-electron chi connectivity index (χ4n) is 2.66. The molecule has 1 aromatic rings. The minimum absolute atomic E-state index is 0.0863. The molecule has 6 heteroatoms. The number of hydrogen-bond acceptors (Lipinski definition) is 5. The number of rotatable bonds is 5. The van der Waals surface area contributed by atoms with E-state index in [2.05, 4.69) is 0 Å². The number of ether oxygens (including phenoxy) is 2. The molecule has 0 amide bonds. The molecule has 22 heavy (non-hydrogen) atoms. The van der Waals surface area contributed by atoms with Crippen molar-refractivity contribution in [2.75, 3.05) is 6.61 Å². The number of hydrogen-bond donors (Lipinski definition) is 0. The molecule has 0 aromatic heterocycles. The molecule has 0 N–H and O–H groups in total. The Kier molecular flexibility index (Phi) is 5.35. The Labute approximate surface area is 129 Å². The summed E-state index contributed by atoms with van der Waals surface area (Å²) < 4.78 is 10.4. The summed E-state index contributed by atoms with van der Waals surface area (Å²) in [5, 5.41) is 11.3. The molecular formula is C16H21NO5. The Balaban J connectivity index is 2.30. The summed E-state index contributed by atoms with van der Waals surface area (Å²) in [7, 11) is 0. The van der Waals surface area contributed by atoms with Gasteiger partial charge in [0, 0.05) is 6.07 Å². The third-order valence-electron chi connectivity index (χ3n) is 3.79. The fraction of sp³-hybridized carbons (Fsp3) is 0.562. The first kappa shape index (κ1) is 16.3. The molecule has 0 radical (unpaired) electrons. The maximum absolute atomic E-state index is 11.7. The molecule has 1 aliphatic rings. The van der Waals surface area contributed by atoms with Crippen LogP contribution in [0.1, 0.15) is 44.2 Å². The molecule has 0 saturated heterocycles. The minimum atomic E-state index is -0.873. The fourth-order valence-corrected chi connectivity index (χ4v) is 2.66. The van der Waals surface area contributed by atoms with Crippen molar-refractivity contribution >= 4 is 11.7 Å². The van der Waals surface area contributed by atoms with Crippen LogP contribution in [0.2, 0.25) is 0 Å². The number of carbonyl (C=O) groups excluding carboxylic acids is 1. The van der Waals surface area contributed by atoms with Gasteiger partial charge in [-0.05, 0) is 56.7 Å². The zero-order chi connectivity index (χ0) is 16.1. The molecule has 1 atom stereocenters. The molecule has 0 saturated carbocycles. The van der Waals surface area contributed by atoms with Crippen LogP contribution < -0.4 is 4.74 Å². The van der Waals surface area contributed by atoms with Gasteiger partial charge in [-0.25, -0.2) is 4.79 Å². The van der Waals surface area contributed by atoms with Crippen LogP contribution in [-0.2, 0) is 22.4 Å². The molecule has 0 fully saturated rings. The predicted octanol–water partition coefficient (Wildman–Crippen LogP) is 3.19. The zero-order valence-electron chi connectivity index (χ0n) is 13.0. The zero-order valence-corrected chi connectivity index (χ0v) is 13.0. The monoisotopic (exact) mass is 307 g/mol. The standard InChI is InChI=1S/C16H21NO5/c1-3-21-16(18)11(2)22-15-10-13-8-6-4-5-7-12(13)9-14(15)17(19)20/h9-11H,3-8H2,1-2H3. The van der Waals surface area contributed by atoms with Crippen LogP contribution in [0.4, 0.5) is 5.69 Å². The van der Waals surface area contributed by atoms with E-state index in [0.29, 0.717) is 0 Å². The Morgan fingerprint density at radius 2 is 1.91 bits per heavy atom. The van der Waals surface area contributed by atoms with Crippen LogP contribution in [0.3, 0.4) is 0 Å². The molecule has 120 valence electrons. The van der Waals surface area contributed by atoms with Crippen molar-refractivity contribution in [1.82, 2.24) is 0 Å². The predicted molar refractivity (Wildman–Crippen MR) is 81.1 cm³/mol. The molecule has 1 unspecified atom stereocenters. The van der Waals surface area contributed by atoms with Crippen molar-refractivity contribution in [1.29, 1.82) is 0 Å². The van der Waals surface area contributed by atoms with Crippen LogP contribution in [0.5, 0.6) is 5.75 Å². The average molecular weight is 307 g/mol. The van der Waals surface area contributed by atoms with Gasteiger partial charge in [0.15, 0.2) is 11.9 Å². The second kappa shape index (κ2) is 7.24. The average Bonchev–Trinajstić information content (AvgIpc) is 2.71. The quantitative estimate of drug-likeness (QED) is 0.361. The van der Waals surface area contributed by atoms with Gasteiger partial charge >= 0.3 is 11.7 Å². The van der Waals surface area contributed by atoms with Gasteiger partial charge in [0.1, 0.15) is 0 Å². The van der Waals surface area contributed by atoms with E-state index in [9.17, 15) is 14.9 Å². The maximum Gasteiger partial charge on any atom is 0.347 e. The van der Waals surface area contributed by atoms with Crippen molar-refractivity contribution in [3.63, 3.8) is 0 Å². The summed E-state index contributed by atoms with van der Waals surface area (Å²) >= 11 is 0. The summed E-state index contributed by atoms with van der Waals surface area (Å²) in [6.45, 7) is 3.49. The molecule has 1 aliphatic carbocycles. The molecule has 2 rings (SSSR count). The van der Waals surface area contributed by atoms with E-state index in [0.717, 1.165) is 43.2 Å². The van der Waals surface area contributed by atoms with E-state index in [1.54, 1.807) is 19.1 Å². The SMILES string of the molecule is CCOC(=O)C(C)Oc1cc2c(cc1[N+](=O)[O-])CCCCC2. The molecule has 0 heterocycles. The van der Waals surface area contributed by atoms with Gasteiger partial charge in [0.05, 0.1) is 11.5 Å². The number of nitro benzene ring substituents is 1. The highest BCUT2D eigenvalue weighted by atomic mass is 16.6. The molecule has 1 aromatic carbocycles. The van der Waals surface area contributed by atoms with Gasteiger partial charge in [-0.2, -0.15) is 0 Å². The number of nitrogens with zero attached hydrogens (tertiary/aromatic N) is 1. The number of nitro groups is 1. The second-order valence-electron chi connectivity index (χ2n) is 5.42. The van der Waals surface area contributed by atoms with Crippen LogP contribution in [-0.4, -0.2) is 23.6 Å². The number of fused-ring (bicyclic) bond motifs is 1. The largest absolute Gasteiger partial charge is 0.472 e. The van der Waals surface area contributed by atoms with E-state index in [4.69, 9.17) is 9.47 Å². The van der Waals surface area contributed by atoms with E-state index < -0.39 is 17.0 Å². The normalized spacial score (nSPS) is 15.4. The lowest BCUT2D eigenvalue weighted by molar-refractivity contribution is -0.386. The van der Waals surface area contributed by atoms with Gasteiger partial charge in [-0.3, -0.25) is 10.1 Å². The highest BCUT2D eigenvalue weighted by Crippen LogP contribution is 2.34. The summed E-state index contributed by atoms with van der Waals surface area (Å²) in [5.41, 5.74) is 2.01. The second-order valence-corrected chi connectivity index (χ2v) is 5.42. The Hall–Kier alpha value is -2.11. The van der Waals surface area contributed by atoms with Gasteiger partial charge in [0.25, 0.3) is 0 Å². The van der Waals surface area contributed by atoms with Crippen molar-refractivity contribution in [3.05, 3.63) is 33.4 Å². The summed E-state index contributed by atoms with van der Waals surface area (Å²) in [4.78, 5) is 22.5. The number of carbonyl (C=O) groups is 1. The summed E-state index contributed by atoms with van der Waals surface area (Å²) in [5.74, 6) is -0.377. The van der Waals surface area contributed by atoms with Crippen LogP contribution in [0.15, 0.2) is 12.1 Å². The van der Waals surface area contributed by atoms with Crippen LogP contribution in [0.25, 0.3) is 0 Å². The first-order valence-electron chi connectivity index (χ1n) is 7.66. The lowest BCUT2D eigenvalue weighted by Gasteiger charge is -2.15.